The summed E-state index contributed by atoms with van der Waals surface area (Å²) >= 11 is 0. The Morgan fingerprint density at radius 2 is 0.970 bits per heavy atom. The van der Waals surface area contributed by atoms with Crippen LogP contribution >= 0.6 is 0 Å². The van der Waals surface area contributed by atoms with Crippen LogP contribution < -0.4 is 0 Å². The minimum atomic E-state index is 0. The molecule has 9 heteroatoms. The van der Waals surface area contributed by atoms with Gasteiger partial charge in [0.05, 0.1) is 36.6 Å². The van der Waals surface area contributed by atoms with Crippen molar-refractivity contribution in [1.29, 1.82) is 0 Å². The third kappa shape index (κ3) is 5.51. The molecule has 0 aliphatic rings. The van der Waals surface area contributed by atoms with Gasteiger partial charge in [0.25, 0.3) is 0 Å². The van der Waals surface area contributed by atoms with Crippen molar-refractivity contribution in [1.82, 2.24) is 19.6 Å². The molecular formula is C24H28N4O4Sn+4. The minimum absolute atomic E-state index is 0. The Morgan fingerprint density at radius 1 is 0.667 bits per heavy atom. The second kappa shape index (κ2) is 11.0. The van der Waals surface area contributed by atoms with Gasteiger partial charge in [-0.2, -0.15) is 19.6 Å². The molecule has 6 N–H and O–H groups in total. The number of ketones is 2. The number of aromatic nitrogens is 4. The molecule has 4 aromatic rings. The third-order valence-corrected chi connectivity index (χ3v) is 4.85. The average Bonchev–Trinajstić information content (AvgIpc) is 3.24. The normalized spacial score (nSPS) is 10.1. The van der Waals surface area contributed by atoms with Crippen molar-refractivity contribution in [2.45, 2.75) is 27.7 Å². The zero-order valence-electron chi connectivity index (χ0n) is 19.0. The summed E-state index contributed by atoms with van der Waals surface area (Å²) in [4.78, 5) is 19.0. The number of aryl methyl sites for hydroxylation is 2. The molecule has 0 bridgehead atoms. The van der Waals surface area contributed by atoms with Crippen LogP contribution in [0.4, 0.5) is 0 Å². The van der Waals surface area contributed by atoms with E-state index in [1.807, 2.05) is 60.7 Å². The SMILES string of the molecule is CC(=[OH+])c1c(C)nn(-c2ccccc2)c1[OH2+].CC(=[OH+])c1c(C)nn(-c2ccccc2)c1[OH2+].[Sn]. The fourth-order valence-electron chi connectivity index (χ4n) is 3.43. The molecule has 0 saturated heterocycles. The molecule has 2 aromatic carbocycles. The van der Waals surface area contributed by atoms with Gasteiger partial charge in [0.15, 0.2) is 0 Å². The topological polar surface area (TPSA) is 124 Å². The Morgan fingerprint density at radius 3 is 1.21 bits per heavy atom. The smallest absolute Gasteiger partial charge is 0.377 e. The molecule has 8 nitrogen and oxygen atoms in total. The van der Waals surface area contributed by atoms with E-state index in [2.05, 4.69) is 10.2 Å². The maximum absolute atomic E-state index is 9.49. The van der Waals surface area contributed by atoms with E-state index in [1.165, 1.54) is 9.36 Å². The molecule has 0 unspecified atom stereocenters. The standard InChI is InChI=1S/2C12H12N2O2.Sn/c2*1-8-11(9(2)15)12(16)14(13-8)10-6-4-3-5-7-10;/h2*3-7,16H,1-2H3;/p+4. The zero-order chi connectivity index (χ0) is 23.4. The third-order valence-electron chi connectivity index (χ3n) is 4.85. The summed E-state index contributed by atoms with van der Waals surface area (Å²) < 4.78 is 3.04. The Balaban J connectivity index is 0.000000227. The molecule has 4 radical (unpaired) electrons. The molecule has 168 valence electrons. The van der Waals surface area contributed by atoms with Crippen molar-refractivity contribution in [3.8, 4) is 23.1 Å². The summed E-state index contributed by atoms with van der Waals surface area (Å²) in [6, 6.07) is 18.9. The summed E-state index contributed by atoms with van der Waals surface area (Å²) in [7, 11) is 0. The van der Waals surface area contributed by atoms with Gasteiger partial charge in [-0.25, -0.2) is 0 Å². The quantitative estimate of drug-likeness (QED) is 0.218. The maximum atomic E-state index is 9.49. The molecular weight excluding hydrogens is 527 g/mol. The van der Waals surface area contributed by atoms with Gasteiger partial charge < -0.3 is 10.2 Å². The minimum Gasteiger partial charge on any atom is -0.578 e. The van der Waals surface area contributed by atoms with Crippen LogP contribution in [0.2, 0.25) is 0 Å². The first kappa shape index (κ1) is 25.9. The van der Waals surface area contributed by atoms with E-state index in [-0.39, 0.29) is 47.2 Å². The van der Waals surface area contributed by atoms with Crippen LogP contribution in [0.25, 0.3) is 11.4 Å². The van der Waals surface area contributed by atoms with Crippen LogP contribution in [0.5, 0.6) is 11.8 Å². The predicted octanol–water partition coefficient (Wildman–Crippen LogP) is 2.68. The van der Waals surface area contributed by atoms with Crippen molar-refractivity contribution >= 4 is 35.5 Å². The van der Waals surface area contributed by atoms with Gasteiger partial charge in [0.1, 0.15) is 0 Å². The van der Waals surface area contributed by atoms with E-state index in [4.69, 9.17) is 10.2 Å². The Bertz CT molecular complexity index is 1170. The van der Waals surface area contributed by atoms with Crippen molar-refractivity contribution in [3.05, 3.63) is 83.2 Å². The van der Waals surface area contributed by atoms with Crippen molar-refractivity contribution in [3.63, 3.8) is 0 Å². The van der Waals surface area contributed by atoms with Crippen molar-refractivity contribution in [2.75, 3.05) is 0 Å². The van der Waals surface area contributed by atoms with Gasteiger partial charge in [-0.05, 0) is 38.1 Å². The molecule has 33 heavy (non-hydrogen) atoms. The fraction of sp³-hybridized carbons (Fsp3) is 0.167. The monoisotopic (exact) mass is 556 g/mol. The Kier molecular flexibility index (Phi) is 8.58. The molecule has 2 aromatic heterocycles. The molecule has 0 amide bonds. The number of para-hydroxylation sites is 2. The molecule has 0 atom stereocenters. The molecule has 0 saturated carbocycles. The maximum Gasteiger partial charge on any atom is 0.377 e. The van der Waals surface area contributed by atoms with E-state index >= 15 is 0 Å². The zero-order valence-corrected chi connectivity index (χ0v) is 21.8. The first-order valence-corrected chi connectivity index (χ1v) is 10.0. The second-order valence-corrected chi connectivity index (χ2v) is 7.28. The summed E-state index contributed by atoms with van der Waals surface area (Å²) in [5, 5.41) is 24.4. The van der Waals surface area contributed by atoms with Crippen LogP contribution in [-0.4, -0.2) is 74.8 Å². The molecule has 0 fully saturated rings. The second-order valence-electron chi connectivity index (χ2n) is 7.28. The van der Waals surface area contributed by atoms with E-state index in [1.54, 1.807) is 27.7 Å². The van der Waals surface area contributed by atoms with Crippen LogP contribution in [0.1, 0.15) is 36.4 Å². The Labute approximate surface area is 208 Å². The Hall–Kier alpha value is -3.40. The van der Waals surface area contributed by atoms with Crippen LogP contribution in [0, 0.1) is 13.8 Å². The summed E-state index contributed by atoms with van der Waals surface area (Å²) in [6.45, 7) is 6.70. The number of benzene rings is 2. The van der Waals surface area contributed by atoms with Crippen LogP contribution in [0.15, 0.2) is 60.7 Å². The van der Waals surface area contributed by atoms with E-state index < -0.39 is 0 Å². The summed E-state index contributed by atoms with van der Waals surface area (Å²) in [5.41, 5.74) is 3.97. The first-order chi connectivity index (χ1) is 15.2. The van der Waals surface area contributed by atoms with Gasteiger partial charge in [0, 0.05) is 23.9 Å². The number of hydrogen-bond acceptors (Lipinski definition) is 2. The largest absolute Gasteiger partial charge is 0.578 e. The molecule has 4 rings (SSSR count). The van der Waals surface area contributed by atoms with Crippen molar-refractivity contribution in [2.24, 2.45) is 0 Å². The summed E-state index contributed by atoms with van der Waals surface area (Å²) in [6.07, 6.45) is 0. The predicted molar refractivity (Wildman–Crippen MR) is 132 cm³/mol. The van der Waals surface area contributed by atoms with Gasteiger partial charge in [-0.1, -0.05) is 36.4 Å². The van der Waals surface area contributed by atoms with Gasteiger partial charge in [-0.15, -0.1) is 0 Å². The number of carbonyl (C=O) groups excluding carboxylic acids is 2. The number of rotatable bonds is 4. The van der Waals surface area contributed by atoms with E-state index in [9.17, 15) is 9.59 Å². The van der Waals surface area contributed by atoms with Gasteiger partial charge in [0.2, 0.25) is 11.1 Å². The first-order valence-electron chi connectivity index (χ1n) is 10.0. The van der Waals surface area contributed by atoms with Crippen LogP contribution in [-0.2, 0) is 0 Å². The molecule has 2 heterocycles. The number of hydrogen-bond donors (Lipinski definition) is 0. The molecule has 0 spiro atoms. The van der Waals surface area contributed by atoms with E-state index in [0.717, 1.165) is 11.4 Å². The number of nitrogens with zero attached hydrogens (tertiary/aromatic N) is 4. The van der Waals surface area contributed by atoms with Crippen LogP contribution in [0.3, 0.4) is 0 Å². The molecule has 0 aliphatic heterocycles. The van der Waals surface area contributed by atoms with Gasteiger partial charge >= 0.3 is 23.3 Å². The average molecular weight is 555 g/mol. The van der Waals surface area contributed by atoms with Crippen molar-refractivity contribution < 1.29 is 19.8 Å². The van der Waals surface area contributed by atoms with Gasteiger partial charge in [-0.3, -0.25) is 9.59 Å². The van der Waals surface area contributed by atoms with E-state index in [0.29, 0.717) is 22.5 Å². The molecule has 0 aliphatic carbocycles. The summed E-state index contributed by atoms with van der Waals surface area (Å²) in [5.74, 6) is 0.682. The fourth-order valence-corrected chi connectivity index (χ4v) is 3.43.